The molecule has 0 bridgehead atoms. The van der Waals surface area contributed by atoms with Gasteiger partial charge in [-0.25, -0.2) is 0 Å². The van der Waals surface area contributed by atoms with Crippen LogP contribution < -0.4 is 10.6 Å². The lowest BCUT2D eigenvalue weighted by atomic mass is 10.1. The molecule has 2 N–H and O–H groups in total. The van der Waals surface area contributed by atoms with Crippen LogP contribution in [0.25, 0.3) is 0 Å². The van der Waals surface area contributed by atoms with Gasteiger partial charge in [-0.3, -0.25) is 19.5 Å². The Bertz CT molecular complexity index is 604. The van der Waals surface area contributed by atoms with Crippen LogP contribution in [-0.4, -0.2) is 66.1 Å². The molecule has 3 rings (SSSR count). The fraction of sp³-hybridized carbons (Fsp3) is 0.632. The van der Waals surface area contributed by atoms with Crippen molar-refractivity contribution in [2.45, 2.75) is 50.7 Å². The molecule has 3 heterocycles. The fourth-order valence-electron chi connectivity index (χ4n) is 3.90. The van der Waals surface area contributed by atoms with E-state index in [2.05, 4.69) is 20.5 Å². The maximum absolute atomic E-state index is 12.5. The van der Waals surface area contributed by atoms with Gasteiger partial charge in [0.25, 0.3) is 0 Å². The Morgan fingerprint density at radius 1 is 1.35 bits per heavy atom. The predicted octanol–water partition coefficient (Wildman–Crippen LogP) is 0.498. The number of rotatable bonds is 6. The van der Waals surface area contributed by atoms with Crippen molar-refractivity contribution < 1.29 is 14.3 Å². The molecule has 0 saturated carbocycles. The van der Waals surface area contributed by atoms with E-state index in [0.717, 1.165) is 31.6 Å². The van der Waals surface area contributed by atoms with Crippen molar-refractivity contribution in [2.24, 2.45) is 0 Å². The lowest BCUT2D eigenvalue weighted by Crippen LogP contribution is -2.49. The minimum atomic E-state index is -0.179. The molecule has 0 aromatic carbocycles. The topological polar surface area (TPSA) is 83.6 Å². The summed E-state index contributed by atoms with van der Waals surface area (Å²) in [5.41, 5.74) is 0.893. The van der Waals surface area contributed by atoms with Gasteiger partial charge in [-0.2, -0.15) is 0 Å². The summed E-state index contributed by atoms with van der Waals surface area (Å²) in [6.07, 6.45) is 6.25. The summed E-state index contributed by atoms with van der Waals surface area (Å²) in [6.45, 7) is 4.74. The van der Waals surface area contributed by atoms with E-state index in [0.29, 0.717) is 32.0 Å². The van der Waals surface area contributed by atoms with Crippen molar-refractivity contribution in [3.8, 4) is 0 Å². The number of carbonyl (C=O) groups is 2. The van der Waals surface area contributed by atoms with E-state index in [9.17, 15) is 9.59 Å². The summed E-state index contributed by atoms with van der Waals surface area (Å²) in [5.74, 6) is 0.0366. The van der Waals surface area contributed by atoms with Crippen LogP contribution in [0.4, 0.5) is 0 Å². The predicted molar refractivity (Wildman–Crippen MR) is 97.5 cm³/mol. The highest BCUT2D eigenvalue weighted by molar-refractivity contribution is 5.83. The summed E-state index contributed by atoms with van der Waals surface area (Å²) in [5, 5.41) is 6.04. The number of nitrogens with one attached hydrogen (secondary N) is 2. The van der Waals surface area contributed by atoms with E-state index in [1.54, 1.807) is 12.4 Å². The second kappa shape index (κ2) is 9.09. The quantitative estimate of drug-likeness (QED) is 0.772. The number of hydrogen-bond donors (Lipinski definition) is 2. The third kappa shape index (κ3) is 4.80. The molecule has 142 valence electrons. The molecule has 26 heavy (non-hydrogen) atoms. The fourth-order valence-corrected chi connectivity index (χ4v) is 3.90. The second-order valence-electron chi connectivity index (χ2n) is 6.99. The number of carbonyl (C=O) groups excluding carboxylic acids is 2. The number of amides is 2. The Hall–Kier alpha value is -1.99. The van der Waals surface area contributed by atoms with Crippen LogP contribution in [0.3, 0.4) is 0 Å². The molecule has 2 aliphatic rings. The largest absolute Gasteiger partial charge is 0.381 e. The minimum Gasteiger partial charge on any atom is -0.381 e. The van der Waals surface area contributed by atoms with Crippen LogP contribution in [0.2, 0.25) is 0 Å². The first kappa shape index (κ1) is 18.8. The molecule has 2 saturated heterocycles. The highest BCUT2D eigenvalue weighted by Gasteiger charge is 2.41. The van der Waals surface area contributed by atoms with E-state index >= 15 is 0 Å². The third-order valence-electron chi connectivity index (χ3n) is 5.11. The lowest BCUT2D eigenvalue weighted by Gasteiger charge is -2.34. The number of aromatic nitrogens is 1. The van der Waals surface area contributed by atoms with Gasteiger partial charge in [0.15, 0.2) is 0 Å². The molecule has 0 unspecified atom stereocenters. The van der Waals surface area contributed by atoms with E-state index in [1.807, 2.05) is 19.1 Å². The first-order valence-electron chi connectivity index (χ1n) is 9.46. The molecule has 1 aromatic heterocycles. The minimum absolute atomic E-state index is 0.00498. The standard InChI is InChI=1S/C19H28N4O3/c1-2-21-19(25)17-11-15(13-23(17)16-5-8-26-9-6-16)22-18(24)10-14-4-3-7-20-12-14/h3-4,7,12,15-17H,2,5-6,8-11,13H2,1H3,(H,21,25)(H,22,24)/t15-,17-/m0/s1. The highest BCUT2D eigenvalue weighted by atomic mass is 16.5. The maximum Gasteiger partial charge on any atom is 0.237 e. The zero-order chi connectivity index (χ0) is 18.4. The van der Waals surface area contributed by atoms with Crippen LogP contribution in [0.1, 0.15) is 31.7 Å². The Kier molecular flexibility index (Phi) is 6.57. The van der Waals surface area contributed by atoms with Gasteiger partial charge >= 0.3 is 0 Å². The average molecular weight is 360 g/mol. The number of likely N-dealkylation sites (N-methyl/N-ethyl adjacent to an activating group) is 1. The molecule has 0 spiro atoms. The van der Waals surface area contributed by atoms with Gasteiger partial charge in [0.05, 0.1) is 12.5 Å². The third-order valence-corrected chi connectivity index (χ3v) is 5.11. The van der Waals surface area contributed by atoms with Crippen LogP contribution in [0, 0.1) is 0 Å². The summed E-state index contributed by atoms with van der Waals surface area (Å²) in [4.78, 5) is 31.2. The average Bonchev–Trinajstić information content (AvgIpc) is 3.07. The van der Waals surface area contributed by atoms with Crippen LogP contribution >= 0.6 is 0 Å². The van der Waals surface area contributed by atoms with E-state index in [-0.39, 0.29) is 23.9 Å². The molecular weight excluding hydrogens is 332 g/mol. The molecule has 0 radical (unpaired) electrons. The van der Waals surface area contributed by atoms with Gasteiger partial charge in [0, 0.05) is 50.8 Å². The lowest BCUT2D eigenvalue weighted by molar-refractivity contribution is -0.127. The van der Waals surface area contributed by atoms with Gasteiger partial charge in [0.2, 0.25) is 11.8 Å². The van der Waals surface area contributed by atoms with Gasteiger partial charge in [-0.05, 0) is 37.8 Å². The number of hydrogen-bond acceptors (Lipinski definition) is 5. The second-order valence-corrected chi connectivity index (χ2v) is 6.99. The van der Waals surface area contributed by atoms with E-state index < -0.39 is 0 Å². The molecule has 7 nitrogen and oxygen atoms in total. The Balaban J connectivity index is 1.61. The molecule has 2 fully saturated rings. The van der Waals surface area contributed by atoms with Crippen LogP contribution in [0.15, 0.2) is 24.5 Å². The van der Waals surface area contributed by atoms with Gasteiger partial charge in [0.1, 0.15) is 0 Å². The van der Waals surface area contributed by atoms with Gasteiger partial charge < -0.3 is 15.4 Å². The van der Waals surface area contributed by atoms with Crippen LogP contribution in [-0.2, 0) is 20.7 Å². The summed E-state index contributed by atoms with van der Waals surface area (Å²) < 4.78 is 5.46. The van der Waals surface area contributed by atoms with Crippen molar-refractivity contribution in [3.63, 3.8) is 0 Å². The molecule has 2 amide bonds. The van der Waals surface area contributed by atoms with E-state index in [4.69, 9.17) is 4.74 Å². The van der Waals surface area contributed by atoms with Gasteiger partial charge in [-0.15, -0.1) is 0 Å². The number of likely N-dealkylation sites (tertiary alicyclic amines) is 1. The number of pyridine rings is 1. The van der Waals surface area contributed by atoms with Crippen molar-refractivity contribution in [3.05, 3.63) is 30.1 Å². The summed E-state index contributed by atoms with van der Waals surface area (Å²) >= 11 is 0. The number of ether oxygens (including phenoxy) is 1. The summed E-state index contributed by atoms with van der Waals surface area (Å²) in [6, 6.07) is 3.89. The molecule has 1 aromatic rings. The molecule has 7 heteroatoms. The van der Waals surface area contributed by atoms with Crippen molar-refractivity contribution in [1.29, 1.82) is 0 Å². The first-order chi connectivity index (χ1) is 12.7. The van der Waals surface area contributed by atoms with Crippen molar-refractivity contribution in [1.82, 2.24) is 20.5 Å². The molecule has 2 aliphatic heterocycles. The maximum atomic E-state index is 12.5. The van der Waals surface area contributed by atoms with E-state index in [1.165, 1.54) is 0 Å². The number of nitrogens with zero attached hydrogens (tertiary/aromatic N) is 2. The van der Waals surface area contributed by atoms with Gasteiger partial charge in [-0.1, -0.05) is 6.07 Å². The van der Waals surface area contributed by atoms with Crippen molar-refractivity contribution >= 4 is 11.8 Å². The zero-order valence-corrected chi connectivity index (χ0v) is 15.3. The molecule has 0 aliphatic carbocycles. The monoisotopic (exact) mass is 360 g/mol. The van der Waals surface area contributed by atoms with Crippen molar-refractivity contribution in [2.75, 3.05) is 26.3 Å². The highest BCUT2D eigenvalue weighted by Crippen LogP contribution is 2.26. The smallest absolute Gasteiger partial charge is 0.237 e. The summed E-state index contributed by atoms with van der Waals surface area (Å²) in [7, 11) is 0. The Morgan fingerprint density at radius 3 is 2.85 bits per heavy atom. The molecular formula is C19H28N4O3. The first-order valence-corrected chi connectivity index (χ1v) is 9.46. The Labute approximate surface area is 154 Å². The SMILES string of the molecule is CCNC(=O)[C@@H]1C[C@H](NC(=O)Cc2cccnc2)CN1C1CCOCC1. The molecule has 2 atom stereocenters. The van der Waals surface area contributed by atoms with Crippen LogP contribution in [0.5, 0.6) is 0 Å². The zero-order valence-electron chi connectivity index (χ0n) is 15.3. The Morgan fingerprint density at radius 2 is 2.15 bits per heavy atom. The normalized spacial score (nSPS) is 24.3.